The number of hydrogen-bond donors (Lipinski definition) is 2. The fourth-order valence-electron chi connectivity index (χ4n) is 5.40. The van der Waals surface area contributed by atoms with Crippen molar-refractivity contribution >= 4 is 28.5 Å². The highest BCUT2D eigenvalue weighted by molar-refractivity contribution is 5.97. The molecule has 4 aromatic carbocycles. The SMILES string of the molecule is CC(=O)NCCCC[C@H]1C(=O)N[C@@H](Cc2ccc3ccccc3c2)C(=O)N1Cc1ccc(-c2ccccc2)cc1. The first-order chi connectivity index (χ1) is 19.5. The van der Waals surface area contributed by atoms with Gasteiger partial charge in [0.1, 0.15) is 12.1 Å². The minimum Gasteiger partial charge on any atom is -0.356 e. The number of benzene rings is 4. The number of hydrogen-bond acceptors (Lipinski definition) is 3. The van der Waals surface area contributed by atoms with Gasteiger partial charge in [0.25, 0.3) is 0 Å². The van der Waals surface area contributed by atoms with Crippen LogP contribution in [0.5, 0.6) is 0 Å². The van der Waals surface area contributed by atoms with Crippen LogP contribution in [0.4, 0.5) is 0 Å². The number of rotatable bonds is 10. The summed E-state index contributed by atoms with van der Waals surface area (Å²) in [4.78, 5) is 40.2. The van der Waals surface area contributed by atoms with Gasteiger partial charge in [0.05, 0.1) is 0 Å². The lowest BCUT2D eigenvalue weighted by molar-refractivity contribution is -0.150. The topological polar surface area (TPSA) is 78.5 Å². The van der Waals surface area contributed by atoms with Crippen LogP contribution in [-0.2, 0) is 27.3 Å². The van der Waals surface area contributed by atoms with Gasteiger partial charge in [0.2, 0.25) is 17.7 Å². The second-order valence-electron chi connectivity index (χ2n) is 10.5. The van der Waals surface area contributed by atoms with Crippen LogP contribution in [0.2, 0.25) is 0 Å². The summed E-state index contributed by atoms with van der Waals surface area (Å²) in [6, 6.07) is 31.5. The predicted octanol–water partition coefficient (Wildman–Crippen LogP) is 5.25. The molecule has 1 fully saturated rings. The van der Waals surface area contributed by atoms with Gasteiger partial charge in [-0.05, 0) is 52.3 Å². The number of nitrogens with one attached hydrogen (secondary N) is 2. The van der Waals surface area contributed by atoms with E-state index in [0.717, 1.165) is 45.9 Å². The summed E-state index contributed by atoms with van der Waals surface area (Å²) in [7, 11) is 0. The van der Waals surface area contributed by atoms with E-state index >= 15 is 0 Å². The number of amides is 3. The van der Waals surface area contributed by atoms with Crippen molar-refractivity contribution in [3.8, 4) is 11.1 Å². The summed E-state index contributed by atoms with van der Waals surface area (Å²) in [6.45, 7) is 2.42. The van der Waals surface area contributed by atoms with E-state index in [9.17, 15) is 14.4 Å². The first-order valence-electron chi connectivity index (χ1n) is 14.0. The molecule has 0 aliphatic carbocycles. The molecule has 0 aromatic heterocycles. The van der Waals surface area contributed by atoms with Crippen LogP contribution in [0, 0.1) is 0 Å². The van der Waals surface area contributed by atoms with Crippen LogP contribution in [0.25, 0.3) is 21.9 Å². The van der Waals surface area contributed by atoms with E-state index in [4.69, 9.17) is 0 Å². The summed E-state index contributed by atoms with van der Waals surface area (Å²) in [5.74, 6) is -0.250. The maximum absolute atomic E-state index is 13.9. The van der Waals surface area contributed by atoms with E-state index in [1.54, 1.807) is 4.90 Å². The molecule has 1 saturated heterocycles. The van der Waals surface area contributed by atoms with Crippen molar-refractivity contribution in [1.29, 1.82) is 0 Å². The number of carbonyl (C=O) groups is 3. The average Bonchev–Trinajstić information content (AvgIpc) is 2.97. The summed E-state index contributed by atoms with van der Waals surface area (Å²) in [6.07, 6.45) is 2.46. The van der Waals surface area contributed by atoms with E-state index in [2.05, 4.69) is 59.2 Å². The summed E-state index contributed by atoms with van der Waals surface area (Å²) in [5.41, 5.74) is 4.24. The zero-order valence-electron chi connectivity index (χ0n) is 22.8. The second-order valence-corrected chi connectivity index (χ2v) is 10.5. The molecule has 204 valence electrons. The van der Waals surface area contributed by atoms with Gasteiger partial charge >= 0.3 is 0 Å². The zero-order valence-corrected chi connectivity index (χ0v) is 22.8. The van der Waals surface area contributed by atoms with Crippen LogP contribution in [0.1, 0.15) is 37.3 Å². The van der Waals surface area contributed by atoms with E-state index in [1.165, 1.54) is 6.92 Å². The fraction of sp³-hybridized carbons (Fsp3) is 0.265. The highest BCUT2D eigenvalue weighted by Crippen LogP contribution is 2.24. The molecule has 2 atom stereocenters. The first kappa shape index (κ1) is 27.1. The van der Waals surface area contributed by atoms with Crippen molar-refractivity contribution in [3.63, 3.8) is 0 Å². The fourth-order valence-corrected chi connectivity index (χ4v) is 5.40. The Labute approximate surface area is 235 Å². The molecule has 2 N–H and O–H groups in total. The summed E-state index contributed by atoms with van der Waals surface area (Å²) in [5, 5.41) is 8.08. The molecule has 0 spiro atoms. The molecule has 4 aromatic rings. The standard InChI is InChI=1S/C34H35N3O3/c1-24(38)35-20-8-7-13-32-33(39)36-31(22-26-16-19-28-11-5-6-12-30(28)21-26)34(40)37(32)23-25-14-17-29(18-15-25)27-9-3-2-4-10-27/h2-6,9-12,14-19,21,31-32H,7-8,13,20,22-23H2,1H3,(H,35,38)(H,36,39)/t31-,32-/m0/s1. The smallest absolute Gasteiger partial charge is 0.246 e. The molecule has 1 aliphatic heterocycles. The van der Waals surface area contributed by atoms with Gasteiger partial charge in [-0.3, -0.25) is 14.4 Å². The molecular weight excluding hydrogens is 498 g/mol. The Morgan fingerprint density at radius 2 is 1.48 bits per heavy atom. The molecule has 0 saturated carbocycles. The summed E-state index contributed by atoms with van der Waals surface area (Å²) >= 11 is 0. The predicted molar refractivity (Wildman–Crippen MR) is 158 cm³/mol. The van der Waals surface area contributed by atoms with Gasteiger partial charge < -0.3 is 15.5 Å². The number of unbranched alkanes of at least 4 members (excludes halogenated alkanes) is 1. The van der Waals surface area contributed by atoms with Crippen molar-refractivity contribution in [3.05, 3.63) is 108 Å². The van der Waals surface area contributed by atoms with Gasteiger partial charge in [-0.2, -0.15) is 0 Å². The highest BCUT2D eigenvalue weighted by Gasteiger charge is 2.40. The Balaban J connectivity index is 1.34. The van der Waals surface area contributed by atoms with Gasteiger partial charge in [-0.25, -0.2) is 0 Å². The maximum Gasteiger partial charge on any atom is 0.246 e. The Kier molecular flexibility index (Phi) is 8.55. The maximum atomic E-state index is 13.9. The monoisotopic (exact) mass is 533 g/mol. The minimum absolute atomic E-state index is 0.0632. The van der Waals surface area contributed by atoms with Crippen molar-refractivity contribution in [2.45, 2.75) is 51.2 Å². The lowest BCUT2D eigenvalue weighted by Crippen LogP contribution is -2.63. The Morgan fingerprint density at radius 3 is 2.23 bits per heavy atom. The molecule has 6 nitrogen and oxygen atoms in total. The van der Waals surface area contributed by atoms with Gasteiger partial charge in [0.15, 0.2) is 0 Å². The molecular formula is C34H35N3O3. The lowest BCUT2D eigenvalue weighted by Gasteiger charge is -2.39. The average molecular weight is 534 g/mol. The van der Waals surface area contributed by atoms with E-state index < -0.39 is 12.1 Å². The van der Waals surface area contributed by atoms with Crippen molar-refractivity contribution in [2.24, 2.45) is 0 Å². The molecule has 0 bridgehead atoms. The van der Waals surface area contributed by atoms with E-state index in [1.807, 2.05) is 48.5 Å². The largest absolute Gasteiger partial charge is 0.356 e. The Bertz CT molecular complexity index is 1480. The van der Waals surface area contributed by atoms with Crippen LogP contribution < -0.4 is 10.6 Å². The van der Waals surface area contributed by atoms with Crippen molar-refractivity contribution in [2.75, 3.05) is 6.54 Å². The Morgan fingerprint density at radius 1 is 0.800 bits per heavy atom. The highest BCUT2D eigenvalue weighted by atomic mass is 16.2. The third kappa shape index (κ3) is 6.57. The molecule has 1 heterocycles. The van der Waals surface area contributed by atoms with Crippen molar-refractivity contribution < 1.29 is 14.4 Å². The van der Waals surface area contributed by atoms with E-state index in [0.29, 0.717) is 25.9 Å². The van der Waals surface area contributed by atoms with Gasteiger partial charge in [0, 0.05) is 26.4 Å². The third-order valence-electron chi connectivity index (χ3n) is 7.52. The number of fused-ring (bicyclic) bond motifs is 1. The second kappa shape index (κ2) is 12.6. The molecule has 5 rings (SSSR count). The summed E-state index contributed by atoms with van der Waals surface area (Å²) < 4.78 is 0. The molecule has 6 heteroatoms. The quantitative estimate of drug-likeness (QED) is 0.273. The third-order valence-corrected chi connectivity index (χ3v) is 7.52. The van der Waals surface area contributed by atoms with Gasteiger partial charge in [-0.15, -0.1) is 0 Å². The van der Waals surface area contributed by atoms with E-state index in [-0.39, 0.29) is 17.7 Å². The van der Waals surface area contributed by atoms with Crippen LogP contribution in [-0.4, -0.2) is 41.2 Å². The number of nitrogens with zero attached hydrogens (tertiary/aromatic N) is 1. The molecule has 1 aliphatic rings. The molecule has 0 radical (unpaired) electrons. The molecule has 3 amide bonds. The number of piperazine rings is 1. The molecule has 0 unspecified atom stereocenters. The van der Waals surface area contributed by atoms with Crippen LogP contribution in [0.15, 0.2) is 97.1 Å². The minimum atomic E-state index is -0.618. The van der Waals surface area contributed by atoms with Gasteiger partial charge in [-0.1, -0.05) is 97.1 Å². The van der Waals surface area contributed by atoms with Crippen LogP contribution in [0.3, 0.4) is 0 Å². The zero-order chi connectivity index (χ0) is 27.9. The first-order valence-corrected chi connectivity index (χ1v) is 14.0. The van der Waals surface area contributed by atoms with Crippen LogP contribution >= 0.6 is 0 Å². The normalized spacial score (nSPS) is 17.1. The Hall–Kier alpha value is -4.45. The molecule has 40 heavy (non-hydrogen) atoms. The lowest BCUT2D eigenvalue weighted by atomic mass is 9.95. The number of carbonyl (C=O) groups excluding carboxylic acids is 3. The van der Waals surface area contributed by atoms with Crippen molar-refractivity contribution in [1.82, 2.24) is 15.5 Å².